The lowest BCUT2D eigenvalue weighted by molar-refractivity contribution is -0.148. The van der Waals surface area contributed by atoms with E-state index in [2.05, 4.69) is 6.92 Å². The third-order valence-corrected chi connectivity index (χ3v) is 5.62. The van der Waals surface area contributed by atoms with Gasteiger partial charge in [-0.05, 0) is 24.8 Å². The van der Waals surface area contributed by atoms with E-state index >= 15 is 0 Å². The quantitative estimate of drug-likeness (QED) is 0.779. The summed E-state index contributed by atoms with van der Waals surface area (Å²) in [6.45, 7) is 5.89. The fourth-order valence-corrected chi connectivity index (χ4v) is 4.13. The van der Waals surface area contributed by atoms with E-state index in [-0.39, 0.29) is 17.2 Å². The van der Waals surface area contributed by atoms with Crippen molar-refractivity contribution in [1.82, 2.24) is 0 Å². The van der Waals surface area contributed by atoms with E-state index in [0.29, 0.717) is 24.5 Å². The summed E-state index contributed by atoms with van der Waals surface area (Å²) in [6.07, 6.45) is 4.08. The number of ether oxygens (including phenoxy) is 1. The van der Waals surface area contributed by atoms with Crippen molar-refractivity contribution in [3.63, 3.8) is 0 Å². The summed E-state index contributed by atoms with van der Waals surface area (Å²) in [5, 5.41) is 0. The van der Waals surface area contributed by atoms with Gasteiger partial charge < -0.3 is 9.15 Å². The van der Waals surface area contributed by atoms with E-state index in [0.717, 1.165) is 18.6 Å². The molecule has 1 fully saturated rings. The first kappa shape index (κ1) is 13.4. The number of Topliss-reactive ketones (excluding diaryl/α,β-unsaturated/α-hetero) is 1. The summed E-state index contributed by atoms with van der Waals surface area (Å²) < 4.78 is 10.8. The topological polar surface area (TPSA) is 56.5 Å². The summed E-state index contributed by atoms with van der Waals surface area (Å²) in [5.74, 6) is 0.921. The minimum absolute atomic E-state index is 0.143. The van der Waals surface area contributed by atoms with Gasteiger partial charge >= 0.3 is 5.97 Å². The van der Waals surface area contributed by atoms with Crippen LogP contribution in [0.3, 0.4) is 0 Å². The van der Waals surface area contributed by atoms with E-state index in [1.165, 1.54) is 6.92 Å². The zero-order valence-corrected chi connectivity index (χ0v) is 12.2. The van der Waals surface area contributed by atoms with E-state index < -0.39 is 5.41 Å². The number of carbonyl (C=O) groups is 2. The Morgan fingerprint density at radius 3 is 3.00 bits per heavy atom. The number of fused-ring (bicyclic) bond motifs is 2. The Morgan fingerprint density at radius 2 is 2.30 bits per heavy atom. The molecular weight excluding hydrogens is 256 g/mol. The van der Waals surface area contributed by atoms with Gasteiger partial charge in [0.2, 0.25) is 0 Å². The molecule has 4 nitrogen and oxygen atoms in total. The van der Waals surface area contributed by atoms with Crippen molar-refractivity contribution in [2.75, 3.05) is 6.61 Å². The maximum Gasteiger partial charge on any atom is 0.302 e. The highest BCUT2D eigenvalue weighted by Gasteiger charge is 2.63. The van der Waals surface area contributed by atoms with Crippen LogP contribution in [0, 0.1) is 16.7 Å². The molecule has 3 rings (SSSR count). The van der Waals surface area contributed by atoms with Crippen LogP contribution in [0.2, 0.25) is 0 Å². The van der Waals surface area contributed by atoms with Crippen LogP contribution in [0.25, 0.3) is 0 Å². The Balaban J connectivity index is 2.08. The molecule has 0 unspecified atom stereocenters. The first-order valence-electron chi connectivity index (χ1n) is 7.15. The number of furan rings is 1. The lowest BCUT2D eigenvalue weighted by Crippen LogP contribution is -2.52. The molecule has 20 heavy (non-hydrogen) atoms. The maximum absolute atomic E-state index is 12.9. The van der Waals surface area contributed by atoms with Crippen molar-refractivity contribution in [1.29, 1.82) is 0 Å². The molecule has 0 aromatic carbocycles. The SMILES string of the molecule is CC(=O)OC[C@@]12Cc3occc3C(=O)[C@]1(C)CC[C@H]2C. The second-order valence-corrected chi connectivity index (χ2v) is 6.47. The van der Waals surface area contributed by atoms with Gasteiger partial charge in [-0.2, -0.15) is 0 Å². The molecular formula is C16H20O4. The molecule has 1 saturated carbocycles. The molecule has 0 spiro atoms. The lowest BCUT2D eigenvalue weighted by atomic mass is 9.56. The molecule has 108 valence electrons. The summed E-state index contributed by atoms with van der Waals surface area (Å²) in [4.78, 5) is 24.1. The molecule has 0 saturated heterocycles. The highest BCUT2D eigenvalue weighted by Crippen LogP contribution is 2.61. The van der Waals surface area contributed by atoms with Gasteiger partial charge in [0, 0.05) is 24.2 Å². The molecule has 1 aromatic heterocycles. The first-order valence-corrected chi connectivity index (χ1v) is 7.15. The van der Waals surface area contributed by atoms with E-state index in [4.69, 9.17) is 9.15 Å². The second-order valence-electron chi connectivity index (χ2n) is 6.47. The van der Waals surface area contributed by atoms with Crippen molar-refractivity contribution < 1.29 is 18.7 Å². The van der Waals surface area contributed by atoms with Crippen LogP contribution >= 0.6 is 0 Å². The van der Waals surface area contributed by atoms with Crippen LogP contribution in [0.1, 0.15) is 49.7 Å². The van der Waals surface area contributed by atoms with Gasteiger partial charge in [0.15, 0.2) is 5.78 Å². The van der Waals surface area contributed by atoms with Gasteiger partial charge in [-0.15, -0.1) is 0 Å². The standard InChI is InChI=1S/C16H20O4/c1-10-4-6-15(3)14(18)12-5-7-19-13(12)8-16(10,15)9-20-11(2)17/h5,7,10H,4,6,8-9H2,1-3H3/t10-,15+,16-/m1/s1. The molecule has 0 aliphatic heterocycles. The number of hydrogen-bond acceptors (Lipinski definition) is 4. The summed E-state index contributed by atoms with van der Waals surface area (Å²) in [6, 6.07) is 1.77. The minimum Gasteiger partial charge on any atom is -0.469 e. The Hall–Kier alpha value is -1.58. The molecule has 4 heteroatoms. The van der Waals surface area contributed by atoms with Crippen molar-refractivity contribution in [3.05, 3.63) is 23.7 Å². The van der Waals surface area contributed by atoms with Crippen LogP contribution in [-0.4, -0.2) is 18.4 Å². The number of carbonyl (C=O) groups excluding carboxylic acids is 2. The highest BCUT2D eigenvalue weighted by molar-refractivity contribution is 6.03. The van der Waals surface area contributed by atoms with Crippen LogP contribution in [-0.2, 0) is 16.0 Å². The minimum atomic E-state index is -0.460. The summed E-state index contributed by atoms with van der Waals surface area (Å²) in [5.41, 5.74) is -0.0839. The largest absolute Gasteiger partial charge is 0.469 e. The van der Waals surface area contributed by atoms with Crippen LogP contribution < -0.4 is 0 Å². The van der Waals surface area contributed by atoms with Crippen LogP contribution in [0.5, 0.6) is 0 Å². The third kappa shape index (κ3) is 1.54. The molecule has 3 atom stereocenters. The Bertz CT molecular complexity index is 573. The highest BCUT2D eigenvalue weighted by atomic mass is 16.5. The molecule has 0 N–H and O–H groups in total. The predicted octanol–water partition coefficient (Wildman–Crippen LogP) is 3.00. The van der Waals surface area contributed by atoms with Crippen molar-refractivity contribution >= 4 is 11.8 Å². The van der Waals surface area contributed by atoms with Gasteiger partial charge in [-0.25, -0.2) is 0 Å². The average molecular weight is 276 g/mol. The number of ketones is 1. The zero-order chi connectivity index (χ0) is 14.5. The second kappa shape index (κ2) is 4.21. The van der Waals surface area contributed by atoms with E-state index in [1.54, 1.807) is 12.3 Å². The Labute approximate surface area is 118 Å². The molecule has 0 amide bonds. The van der Waals surface area contributed by atoms with Gasteiger partial charge in [-0.3, -0.25) is 9.59 Å². The lowest BCUT2D eigenvalue weighted by Gasteiger charge is -2.47. The van der Waals surface area contributed by atoms with Crippen molar-refractivity contribution in [2.45, 2.75) is 40.0 Å². The summed E-state index contributed by atoms with van der Waals surface area (Å²) in [7, 11) is 0. The normalized spacial score (nSPS) is 35.5. The van der Waals surface area contributed by atoms with Crippen molar-refractivity contribution in [2.24, 2.45) is 16.7 Å². The molecule has 0 bridgehead atoms. The van der Waals surface area contributed by atoms with E-state index in [1.807, 2.05) is 6.92 Å². The van der Waals surface area contributed by atoms with Crippen LogP contribution in [0.15, 0.2) is 16.7 Å². The monoisotopic (exact) mass is 276 g/mol. The fraction of sp³-hybridized carbons (Fsp3) is 0.625. The number of rotatable bonds is 2. The first-order chi connectivity index (χ1) is 9.41. The Kier molecular flexibility index (Phi) is 2.82. The number of hydrogen-bond donors (Lipinski definition) is 0. The van der Waals surface area contributed by atoms with Crippen molar-refractivity contribution in [3.8, 4) is 0 Å². The molecule has 0 radical (unpaired) electrons. The fourth-order valence-electron chi connectivity index (χ4n) is 4.13. The van der Waals surface area contributed by atoms with Crippen LogP contribution in [0.4, 0.5) is 0 Å². The van der Waals surface area contributed by atoms with E-state index in [9.17, 15) is 9.59 Å². The smallest absolute Gasteiger partial charge is 0.302 e. The Morgan fingerprint density at radius 1 is 1.55 bits per heavy atom. The van der Waals surface area contributed by atoms with Gasteiger partial charge in [0.1, 0.15) is 5.76 Å². The third-order valence-electron chi connectivity index (χ3n) is 5.62. The molecule has 1 aromatic rings. The molecule has 2 aliphatic rings. The molecule has 2 aliphatic carbocycles. The molecule has 1 heterocycles. The van der Waals surface area contributed by atoms with Gasteiger partial charge in [0.05, 0.1) is 18.4 Å². The summed E-state index contributed by atoms with van der Waals surface area (Å²) >= 11 is 0. The van der Waals surface area contributed by atoms with Gasteiger partial charge in [0.25, 0.3) is 0 Å². The predicted molar refractivity (Wildman–Crippen MR) is 72.3 cm³/mol. The average Bonchev–Trinajstić information content (AvgIpc) is 2.95. The zero-order valence-electron chi connectivity index (χ0n) is 12.2. The number of esters is 1. The maximum atomic E-state index is 12.9. The van der Waals surface area contributed by atoms with Gasteiger partial charge in [-0.1, -0.05) is 13.8 Å².